The fraction of sp³-hybridized carbons (Fsp3) is 0.267. The summed E-state index contributed by atoms with van der Waals surface area (Å²) in [6, 6.07) is 7.35. The average molecular weight is 407 g/mol. The number of halogens is 3. The van der Waals surface area contributed by atoms with Crippen molar-refractivity contribution in [3.05, 3.63) is 50.7 Å². The van der Waals surface area contributed by atoms with E-state index in [1.807, 2.05) is 32.0 Å². The third-order valence-electron chi connectivity index (χ3n) is 3.04. The number of pyridine rings is 1. The van der Waals surface area contributed by atoms with Gasteiger partial charge in [0, 0.05) is 16.7 Å². The van der Waals surface area contributed by atoms with Gasteiger partial charge in [-0.25, -0.2) is 9.82 Å². The Morgan fingerprint density at radius 3 is 2.59 bits per heavy atom. The standard InChI is InChI=1S/C15H15BrCl2N2O2/c1-15(2,13-10(17)6-7-19-14(13)18)22-12-5-4-9(16)8-11(12)20-21-3/h4-8,20H,1-3H3/p+1. The van der Waals surface area contributed by atoms with Gasteiger partial charge < -0.3 is 4.74 Å². The highest BCUT2D eigenvalue weighted by atomic mass is 79.9. The number of aromatic nitrogens is 1. The molecule has 0 amide bonds. The van der Waals surface area contributed by atoms with Crippen LogP contribution in [0.1, 0.15) is 19.4 Å². The molecule has 7 heteroatoms. The Hall–Kier alpha value is -0.850. The Labute approximate surface area is 147 Å². The zero-order valence-corrected chi connectivity index (χ0v) is 15.5. The molecule has 22 heavy (non-hydrogen) atoms. The third-order valence-corrected chi connectivity index (χ3v) is 4.13. The molecule has 0 radical (unpaired) electrons. The number of hydrogen-bond donors (Lipinski definition) is 1. The van der Waals surface area contributed by atoms with Crippen LogP contribution >= 0.6 is 39.1 Å². The van der Waals surface area contributed by atoms with E-state index in [-0.39, 0.29) is 0 Å². The second-order valence-corrected chi connectivity index (χ2v) is 6.79. The van der Waals surface area contributed by atoms with Crippen LogP contribution in [0, 0.1) is 0 Å². The van der Waals surface area contributed by atoms with Crippen LogP contribution < -0.4 is 10.2 Å². The van der Waals surface area contributed by atoms with Crippen LogP contribution in [0.4, 0.5) is 5.69 Å². The Morgan fingerprint density at radius 1 is 1.23 bits per heavy atom. The summed E-state index contributed by atoms with van der Waals surface area (Å²) in [6.07, 6.45) is 1.56. The number of benzene rings is 1. The molecule has 0 unspecified atom stereocenters. The predicted molar refractivity (Wildman–Crippen MR) is 90.6 cm³/mol. The van der Waals surface area contributed by atoms with Crippen molar-refractivity contribution in [1.82, 2.24) is 4.98 Å². The fourth-order valence-corrected chi connectivity index (χ4v) is 3.29. The molecule has 2 rings (SSSR count). The van der Waals surface area contributed by atoms with Crippen molar-refractivity contribution in [2.24, 2.45) is 0 Å². The molecule has 0 bridgehead atoms. The summed E-state index contributed by atoms with van der Waals surface area (Å²) in [5, 5.41) is 0.839. The van der Waals surface area contributed by atoms with E-state index in [2.05, 4.69) is 20.9 Å². The minimum atomic E-state index is -0.757. The lowest BCUT2D eigenvalue weighted by atomic mass is 9.99. The van der Waals surface area contributed by atoms with Crippen LogP contribution in [0.15, 0.2) is 34.9 Å². The van der Waals surface area contributed by atoms with Gasteiger partial charge in [-0.2, -0.15) is 5.48 Å². The Morgan fingerprint density at radius 2 is 1.95 bits per heavy atom. The molecule has 0 aliphatic rings. The zero-order valence-electron chi connectivity index (χ0n) is 12.4. The lowest BCUT2D eigenvalue weighted by Gasteiger charge is -2.28. The van der Waals surface area contributed by atoms with E-state index in [0.717, 1.165) is 10.2 Å². The summed E-state index contributed by atoms with van der Waals surface area (Å²) in [6.45, 7) is 3.78. The first-order chi connectivity index (χ1) is 10.3. The summed E-state index contributed by atoms with van der Waals surface area (Å²) < 4.78 is 7.08. The van der Waals surface area contributed by atoms with Crippen molar-refractivity contribution in [2.75, 3.05) is 7.11 Å². The lowest BCUT2D eigenvalue weighted by molar-refractivity contribution is -0.830. The van der Waals surface area contributed by atoms with Gasteiger partial charge in [-0.15, -0.1) is 0 Å². The molecule has 0 aliphatic heterocycles. The molecule has 2 aromatic rings. The van der Waals surface area contributed by atoms with Crippen LogP contribution in [-0.4, -0.2) is 12.1 Å². The molecule has 118 valence electrons. The monoisotopic (exact) mass is 405 g/mol. The highest BCUT2D eigenvalue weighted by molar-refractivity contribution is 9.10. The molecule has 0 saturated heterocycles. The van der Waals surface area contributed by atoms with E-state index in [9.17, 15) is 0 Å². The van der Waals surface area contributed by atoms with Gasteiger partial charge in [0.05, 0.1) is 17.7 Å². The number of rotatable bonds is 5. The van der Waals surface area contributed by atoms with Crippen LogP contribution in [-0.2, 0) is 10.4 Å². The van der Waals surface area contributed by atoms with Gasteiger partial charge in [0.15, 0.2) is 5.75 Å². The molecule has 0 spiro atoms. The first kappa shape index (κ1) is 17.5. The van der Waals surface area contributed by atoms with Crippen molar-refractivity contribution < 1.29 is 15.1 Å². The van der Waals surface area contributed by atoms with E-state index in [1.54, 1.807) is 24.9 Å². The lowest BCUT2D eigenvalue weighted by Crippen LogP contribution is -2.76. The Balaban J connectivity index is 2.40. The molecule has 1 aromatic heterocycles. The number of nitrogens with two attached hydrogens (primary N) is 1. The Bertz CT molecular complexity index is 660. The smallest absolute Gasteiger partial charge is 0.205 e. The largest absolute Gasteiger partial charge is 0.477 e. The second kappa shape index (κ2) is 7.15. The molecule has 0 fully saturated rings. The van der Waals surface area contributed by atoms with Crippen LogP contribution in [0.2, 0.25) is 10.2 Å². The number of nitrogens with zero attached hydrogens (tertiary/aromatic N) is 1. The minimum Gasteiger partial charge on any atom is -0.477 e. The van der Waals surface area contributed by atoms with Crippen LogP contribution in [0.3, 0.4) is 0 Å². The molecule has 0 atom stereocenters. The number of quaternary nitrogens is 1. The average Bonchev–Trinajstić information content (AvgIpc) is 2.41. The number of ether oxygens (including phenoxy) is 1. The summed E-state index contributed by atoms with van der Waals surface area (Å²) in [5.41, 5.74) is 2.31. The highest BCUT2D eigenvalue weighted by Crippen LogP contribution is 2.38. The summed E-state index contributed by atoms with van der Waals surface area (Å²) >= 11 is 15.9. The maximum atomic E-state index is 6.26. The second-order valence-electron chi connectivity index (χ2n) is 5.11. The van der Waals surface area contributed by atoms with E-state index < -0.39 is 5.60 Å². The summed E-state index contributed by atoms with van der Waals surface area (Å²) in [4.78, 5) is 9.18. The molecular weight excluding hydrogens is 391 g/mol. The van der Waals surface area contributed by atoms with Gasteiger partial charge in [0.2, 0.25) is 5.69 Å². The Kier molecular flexibility index (Phi) is 5.69. The minimum absolute atomic E-state index is 0.326. The SMILES string of the molecule is CO[NH2+]c1cc(Br)ccc1OC(C)(C)c1c(Cl)ccnc1Cl. The van der Waals surface area contributed by atoms with E-state index in [4.69, 9.17) is 32.8 Å². The predicted octanol–water partition coefficient (Wildman–Crippen LogP) is 4.22. The molecule has 1 heterocycles. The molecule has 4 nitrogen and oxygen atoms in total. The molecule has 0 saturated carbocycles. The first-order valence-corrected chi connectivity index (χ1v) is 8.05. The van der Waals surface area contributed by atoms with E-state index >= 15 is 0 Å². The maximum absolute atomic E-state index is 6.26. The van der Waals surface area contributed by atoms with Crippen molar-refractivity contribution in [1.29, 1.82) is 0 Å². The summed E-state index contributed by atoms with van der Waals surface area (Å²) in [5.74, 6) is 0.658. The van der Waals surface area contributed by atoms with Crippen molar-refractivity contribution in [3.8, 4) is 5.75 Å². The van der Waals surface area contributed by atoms with E-state index in [1.165, 1.54) is 0 Å². The fourth-order valence-electron chi connectivity index (χ4n) is 2.11. The molecule has 0 aliphatic carbocycles. The van der Waals surface area contributed by atoms with Crippen molar-refractivity contribution >= 4 is 44.8 Å². The molecule has 1 aromatic carbocycles. The van der Waals surface area contributed by atoms with Gasteiger partial charge in [-0.05, 0) is 32.0 Å². The summed E-state index contributed by atoms with van der Waals surface area (Å²) in [7, 11) is 1.59. The van der Waals surface area contributed by atoms with Crippen molar-refractivity contribution in [3.63, 3.8) is 0 Å². The maximum Gasteiger partial charge on any atom is 0.205 e. The van der Waals surface area contributed by atoms with Gasteiger partial charge in [0.1, 0.15) is 10.8 Å². The van der Waals surface area contributed by atoms with E-state index in [0.29, 0.717) is 21.5 Å². The normalized spacial score (nSPS) is 11.5. The van der Waals surface area contributed by atoms with Crippen molar-refractivity contribution in [2.45, 2.75) is 19.4 Å². The highest BCUT2D eigenvalue weighted by Gasteiger charge is 2.30. The van der Waals surface area contributed by atoms with Gasteiger partial charge in [0.25, 0.3) is 0 Å². The van der Waals surface area contributed by atoms with Crippen LogP contribution in [0.25, 0.3) is 0 Å². The van der Waals surface area contributed by atoms with Crippen LogP contribution in [0.5, 0.6) is 5.75 Å². The van der Waals surface area contributed by atoms with Gasteiger partial charge >= 0.3 is 0 Å². The molecule has 2 N–H and O–H groups in total. The third kappa shape index (κ3) is 3.91. The van der Waals surface area contributed by atoms with Gasteiger partial charge in [-0.3, -0.25) is 0 Å². The number of hydrogen-bond acceptors (Lipinski definition) is 3. The first-order valence-electron chi connectivity index (χ1n) is 6.50. The quantitative estimate of drug-likeness (QED) is 0.459. The van der Waals surface area contributed by atoms with Gasteiger partial charge in [-0.1, -0.05) is 39.1 Å². The topological polar surface area (TPSA) is 48.0 Å². The zero-order chi connectivity index (χ0) is 16.3. The molecular formula is C15H16BrCl2N2O2+.